The van der Waals surface area contributed by atoms with Gasteiger partial charge in [0.2, 0.25) is 0 Å². The molecule has 4 N–H and O–H groups in total. The van der Waals surface area contributed by atoms with Crippen LogP contribution in [0.3, 0.4) is 0 Å². The molecule has 3 heterocycles. The summed E-state index contributed by atoms with van der Waals surface area (Å²) in [6.45, 7) is 6.31. The fraction of sp³-hybridized carbons (Fsp3) is 0.500. The summed E-state index contributed by atoms with van der Waals surface area (Å²) in [5.74, 6) is 2.72. The van der Waals surface area contributed by atoms with Crippen molar-refractivity contribution in [2.24, 2.45) is 11.8 Å². The first-order chi connectivity index (χ1) is 14.8. The van der Waals surface area contributed by atoms with E-state index in [0.717, 1.165) is 37.4 Å². The van der Waals surface area contributed by atoms with Crippen LogP contribution in [0.4, 0.5) is 11.4 Å². The summed E-state index contributed by atoms with van der Waals surface area (Å²) in [4.78, 5) is 18.8. The van der Waals surface area contributed by atoms with Crippen LogP contribution in [0.5, 0.6) is 11.5 Å². The van der Waals surface area contributed by atoms with Crippen LogP contribution in [-0.4, -0.2) is 43.0 Å². The summed E-state index contributed by atoms with van der Waals surface area (Å²) in [7, 11) is 3.33. The van der Waals surface area contributed by atoms with E-state index in [1.807, 2.05) is 0 Å². The number of anilines is 2. The highest BCUT2D eigenvalue weighted by atomic mass is 16.5. The first-order valence-electron chi connectivity index (χ1n) is 10.8. The van der Waals surface area contributed by atoms with Crippen molar-refractivity contribution in [3.8, 4) is 11.5 Å². The minimum Gasteiger partial charge on any atom is -0.493 e. The first kappa shape index (κ1) is 22.9. The molecule has 1 aromatic heterocycles. The number of aromatic nitrogens is 1. The number of hydrogen-bond donors (Lipinski definition) is 2. The van der Waals surface area contributed by atoms with E-state index in [4.69, 9.17) is 20.9 Å². The van der Waals surface area contributed by atoms with E-state index in [9.17, 15) is 4.79 Å². The summed E-state index contributed by atoms with van der Waals surface area (Å²) in [6.07, 6.45) is 5.76. The van der Waals surface area contributed by atoms with Crippen LogP contribution in [0.25, 0.3) is 0 Å². The number of fused-ring (bicyclic) bond motifs is 3. The minimum atomic E-state index is 0.202. The second kappa shape index (κ2) is 10.0. The number of carbonyl (C=O) groups is 1. The van der Waals surface area contributed by atoms with E-state index in [-0.39, 0.29) is 12.0 Å². The average Bonchev–Trinajstić information content (AvgIpc) is 2.75. The van der Waals surface area contributed by atoms with Crippen molar-refractivity contribution in [1.82, 2.24) is 9.88 Å². The quantitative estimate of drug-likeness (QED) is 0.771. The molecule has 2 aliphatic heterocycles. The lowest BCUT2D eigenvalue weighted by molar-refractivity contribution is -0.129. The fourth-order valence-electron chi connectivity index (χ4n) is 4.47. The summed E-state index contributed by atoms with van der Waals surface area (Å²) in [5.41, 5.74) is 14.3. The van der Waals surface area contributed by atoms with Gasteiger partial charge in [-0.25, -0.2) is 0 Å². The zero-order valence-corrected chi connectivity index (χ0v) is 18.9. The van der Waals surface area contributed by atoms with Gasteiger partial charge in [0.1, 0.15) is 5.78 Å². The Kier molecular flexibility index (Phi) is 7.38. The lowest BCUT2D eigenvalue weighted by Gasteiger charge is -2.43. The van der Waals surface area contributed by atoms with Gasteiger partial charge in [-0.1, -0.05) is 13.8 Å². The van der Waals surface area contributed by atoms with E-state index >= 15 is 0 Å². The Bertz CT molecular complexity index is 895. The molecule has 2 unspecified atom stereocenters. The van der Waals surface area contributed by atoms with Gasteiger partial charge in [-0.3, -0.25) is 14.7 Å². The largest absolute Gasteiger partial charge is 0.493 e. The lowest BCUT2D eigenvalue weighted by atomic mass is 9.80. The number of ether oxygens (including phenoxy) is 2. The van der Waals surface area contributed by atoms with Crippen molar-refractivity contribution < 1.29 is 14.3 Å². The van der Waals surface area contributed by atoms with Crippen molar-refractivity contribution in [2.75, 3.05) is 38.8 Å². The summed E-state index contributed by atoms with van der Waals surface area (Å²) < 4.78 is 10.9. The van der Waals surface area contributed by atoms with E-state index < -0.39 is 0 Å². The second-order valence-corrected chi connectivity index (χ2v) is 8.67. The zero-order chi connectivity index (χ0) is 22.5. The highest BCUT2D eigenvalue weighted by molar-refractivity contribution is 5.83. The molecule has 2 aromatic rings. The van der Waals surface area contributed by atoms with Crippen LogP contribution in [0.15, 0.2) is 30.6 Å². The molecular formula is C24H34N4O3. The SMILES string of the molecule is COc1cc2c(cc1OC)C1CC(=O)C(CC(C)C)CN1CC2.Nc1ccncc1N. The smallest absolute Gasteiger partial charge is 0.161 e. The van der Waals surface area contributed by atoms with Crippen LogP contribution < -0.4 is 20.9 Å². The highest BCUT2D eigenvalue weighted by Gasteiger charge is 2.38. The van der Waals surface area contributed by atoms with E-state index in [1.165, 1.54) is 17.3 Å². The highest BCUT2D eigenvalue weighted by Crippen LogP contribution is 2.42. The number of nitrogen functional groups attached to an aromatic ring is 2. The van der Waals surface area contributed by atoms with Gasteiger partial charge in [0.05, 0.1) is 31.8 Å². The van der Waals surface area contributed by atoms with Crippen molar-refractivity contribution >= 4 is 17.2 Å². The first-order valence-corrected chi connectivity index (χ1v) is 10.8. The van der Waals surface area contributed by atoms with Crippen LogP contribution in [0, 0.1) is 11.8 Å². The Balaban J connectivity index is 0.000000287. The van der Waals surface area contributed by atoms with Gasteiger partial charge in [0, 0.05) is 37.7 Å². The van der Waals surface area contributed by atoms with Gasteiger partial charge >= 0.3 is 0 Å². The predicted molar refractivity (Wildman–Crippen MR) is 123 cm³/mol. The van der Waals surface area contributed by atoms with Crippen molar-refractivity contribution in [3.05, 3.63) is 41.7 Å². The number of piperidine rings is 1. The van der Waals surface area contributed by atoms with Crippen molar-refractivity contribution in [3.63, 3.8) is 0 Å². The Hall–Kier alpha value is -2.80. The molecule has 1 fully saturated rings. The standard InChI is InChI=1S/C19H27NO3.C5H7N3/c1-12(2)7-14-11-20-6-5-13-8-18(22-3)19(23-4)9-15(13)16(20)10-17(14)21;6-4-1-2-8-3-5(4)7/h8-9,12,14,16H,5-7,10-11H2,1-4H3;1-3H,7H2,(H2,6,8). The molecule has 168 valence electrons. The Morgan fingerprint density at radius 3 is 2.45 bits per heavy atom. The maximum Gasteiger partial charge on any atom is 0.161 e. The number of pyridine rings is 1. The lowest BCUT2D eigenvalue weighted by Crippen LogP contribution is -2.46. The fourth-order valence-corrected chi connectivity index (χ4v) is 4.47. The van der Waals surface area contributed by atoms with Crippen molar-refractivity contribution in [1.29, 1.82) is 0 Å². The Morgan fingerprint density at radius 2 is 1.87 bits per heavy atom. The number of nitrogens with zero attached hydrogens (tertiary/aromatic N) is 2. The molecule has 2 atom stereocenters. The molecular weight excluding hydrogens is 392 g/mol. The summed E-state index contributed by atoms with van der Waals surface area (Å²) in [6, 6.07) is 6.02. The molecule has 4 rings (SSSR count). The third-order valence-corrected chi connectivity index (χ3v) is 6.06. The molecule has 0 radical (unpaired) electrons. The minimum absolute atomic E-state index is 0.202. The molecule has 0 aliphatic carbocycles. The molecule has 0 spiro atoms. The Morgan fingerprint density at radius 1 is 1.16 bits per heavy atom. The number of ketones is 1. The molecule has 0 amide bonds. The number of nitrogens with two attached hydrogens (primary N) is 2. The van der Waals surface area contributed by atoms with Gasteiger partial charge < -0.3 is 20.9 Å². The maximum absolute atomic E-state index is 12.6. The van der Waals surface area contributed by atoms with Gasteiger partial charge in [-0.2, -0.15) is 0 Å². The number of benzene rings is 1. The van der Waals surface area contributed by atoms with Crippen LogP contribution in [0.2, 0.25) is 0 Å². The van der Waals surface area contributed by atoms with Gasteiger partial charge in [-0.15, -0.1) is 0 Å². The van der Waals surface area contributed by atoms with Crippen LogP contribution in [-0.2, 0) is 11.2 Å². The maximum atomic E-state index is 12.6. The number of rotatable bonds is 4. The van der Waals surface area contributed by atoms with Crippen LogP contribution >= 0.6 is 0 Å². The van der Waals surface area contributed by atoms with E-state index in [1.54, 1.807) is 26.5 Å². The summed E-state index contributed by atoms with van der Waals surface area (Å²) >= 11 is 0. The third-order valence-electron chi connectivity index (χ3n) is 6.06. The molecule has 7 nitrogen and oxygen atoms in total. The molecule has 31 heavy (non-hydrogen) atoms. The number of hydrogen-bond acceptors (Lipinski definition) is 7. The number of Topliss-reactive ketones (excluding diaryl/α,β-unsaturated/α-hetero) is 1. The molecule has 1 saturated heterocycles. The van der Waals surface area contributed by atoms with E-state index in [0.29, 0.717) is 29.5 Å². The molecule has 2 aliphatic rings. The van der Waals surface area contributed by atoms with Gasteiger partial charge in [0.25, 0.3) is 0 Å². The van der Waals surface area contributed by atoms with Gasteiger partial charge in [-0.05, 0) is 48.1 Å². The van der Waals surface area contributed by atoms with Gasteiger partial charge in [0.15, 0.2) is 11.5 Å². The summed E-state index contributed by atoms with van der Waals surface area (Å²) in [5, 5.41) is 0. The average molecular weight is 427 g/mol. The monoisotopic (exact) mass is 426 g/mol. The topological polar surface area (TPSA) is 104 Å². The van der Waals surface area contributed by atoms with Crippen molar-refractivity contribution in [2.45, 2.75) is 39.2 Å². The Labute approximate surface area is 184 Å². The predicted octanol–water partition coefficient (Wildman–Crippen LogP) is 3.48. The normalized spacial score (nSPS) is 20.4. The number of methoxy groups -OCH3 is 2. The molecule has 0 saturated carbocycles. The molecule has 1 aromatic carbocycles. The van der Waals surface area contributed by atoms with Crippen LogP contribution in [0.1, 0.15) is 43.9 Å². The molecule has 7 heteroatoms. The number of carbonyl (C=O) groups excluding carboxylic acids is 1. The zero-order valence-electron chi connectivity index (χ0n) is 18.9. The van der Waals surface area contributed by atoms with E-state index in [2.05, 4.69) is 35.9 Å². The third kappa shape index (κ3) is 5.28. The second-order valence-electron chi connectivity index (χ2n) is 8.67. The molecule has 0 bridgehead atoms.